The van der Waals surface area contributed by atoms with E-state index in [1.165, 1.54) is 44.3 Å². The zero-order chi connectivity index (χ0) is 18.0. The lowest BCUT2D eigenvalue weighted by Gasteiger charge is -2.31. The Morgan fingerprint density at radius 2 is 1.62 bits per heavy atom. The van der Waals surface area contributed by atoms with Crippen LogP contribution in [0.5, 0.6) is 0 Å². The van der Waals surface area contributed by atoms with Gasteiger partial charge in [-0.25, -0.2) is 0 Å². The standard InChI is InChI=1S/C22H35N3O/c26-22(23-13-8-16-24-14-6-1-2-7-15-24)21-11-17-25(18-12-21)19-20-9-4-3-5-10-20/h3-5,9-10,21H,1-2,6-8,11-19H2,(H,23,26). The molecule has 1 amide bonds. The number of carbonyl (C=O) groups excluding carboxylic acids is 1. The van der Waals surface area contributed by atoms with Crippen LogP contribution in [0.25, 0.3) is 0 Å². The molecule has 3 rings (SSSR count). The number of carbonyl (C=O) groups is 1. The Hall–Kier alpha value is -1.39. The van der Waals surface area contributed by atoms with Gasteiger partial charge in [0, 0.05) is 19.0 Å². The summed E-state index contributed by atoms with van der Waals surface area (Å²) in [6.45, 7) is 7.52. The molecule has 0 atom stereocenters. The Kier molecular flexibility index (Phi) is 7.96. The van der Waals surface area contributed by atoms with E-state index in [2.05, 4.69) is 45.4 Å². The highest BCUT2D eigenvalue weighted by Gasteiger charge is 2.24. The van der Waals surface area contributed by atoms with Gasteiger partial charge >= 0.3 is 0 Å². The molecule has 0 unspecified atom stereocenters. The molecular formula is C22H35N3O. The molecule has 4 nitrogen and oxygen atoms in total. The number of nitrogens with zero attached hydrogens (tertiary/aromatic N) is 2. The number of nitrogens with one attached hydrogen (secondary N) is 1. The summed E-state index contributed by atoms with van der Waals surface area (Å²) in [5.41, 5.74) is 1.36. The highest BCUT2D eigenvalue weighted by Crippen LogP contribution is 2.19. The number of benzene rings is 1. The minimum atomic E-state index is 0.209. The summed E-state index contributed by atoms with van der Waals surface area (Å²) in [6.07, 6.45) is 8.52. The van der Waals surface area contributed by atoms with E-state index in [0.717, 1.165) is 52.0 Å². The second-order valence-electron chi connectivity index (χ2n) is 7.94. The van der Waals surface area contributed by atoms with E-state index in [1.807, 2.05) is 0 Å². The monoisotopic (exact) mass is 357 g/mol. The average Bonchev–Trinajstić information content (AvgIpc) is 2.95. The van der Waals surface area contributed by atoms with Crippen LogP contribution in [0.2, 0.25) is 0 Å². The third-order valence-corrected chi connectivity index (χ3v) is 5.86. The lowest BCUT2D eigenvalue weighted by molar-refractivity contribution is -0.126. The third kappa shape index (κ3) is 6.40. The number of rotatable bonds is 7. The molecule has 0 aromatic heterocycles. The Balaban J connectivity index is 1.28. The van der Waals surface area contributed by atoms with E-state index in [-0.39, 0.29) is 11.8 Å². The van der Waals surface area contributed by atoms with Crippen molar-refractivity contribution in [3.05, 3.63) is 35.9 Å². The van der Waals surface area contributed by atoms with Gasteiger partial charge < -0.3 is 10.2 Å². The molecule has 2 heterocycles. The molecule has 0 radical (unpaired) electrons. The first-order valence-electron chi connectivity index (χ1n) is 10.6. The first-order valence-corrected chi connectivity index (χ1v) is 10.6. The fourth-order valence-corrected chi connectivity index (χ4v) is 4.21. The van der Waals surface area contributed by atoms with Crippen molar-refractivity contribution in [1.82, 2.24) is 15.1 Å². The maximum atomic E-state index is 12.4. The molecule has 0 saturated carbocycles. The van der Waals surface area contributed by atoms with Gasteiger partial charge in [0.1, 0.15) is 0 Å². The van der Waals surface area contributed by atoms with Gasteiger partial charge in [0.15, 0.2) is 0 Å². The van der Waals surface area contributed by atoms with Crippen molar-refractivity contribution in [2.75, 3.05) is 39.3 Å². The smallest absolute Gasteiger partial charge is 0.223 e. The maximum Gasteiger partial charge on any atom is 0.223 e. The van der Waals surface area contributed by atoms with Crippen molar-refractivity contribution in [2.24, 2.45) is 5.92 Å². The van der Waals surface area contributed by atoms with Gasteiger partial charge in [-0.15, -0.1) is 0 Å². The zero-order valence-electron chi connectivity index (χ0n) is 16.2. The fourth-order valence-electron chi connectivity index (χ4n) is 4.21. The molecule has 1 aromatic carbocycles. The molecule has 26 heavy (non-hydrogen) atoms. The van der Waals surface area contributed by atoms with Crippen LogP contribution in [0.4, 0.5) is 0 Å². The number of likely N-dealkylation sites (tertiary alicyclic amines) is 2. The molecule has 0 spiro atoms. The van der Waals surface area contributed by atoms with Crippen molar-refractivity contribution in [2.45, 2.75) is 51.5 Å². The summed E-state index contributed by atoms with van der Waals surface area (Å²) >= 11 is 0. The molecule has 2 saturated heterocycles. The molecule has 0 bridgehead atoms. The SMILES string of the molecule is O=C(NCCCN1CCCCCC1)C1CCN(Cc2ccccc2)CC1. The molecule has 2 aliphatic rings. The van der Waals surface area contributed by atoms with Crippen molar-refractivity contribution < 1.29 is 4.79 Å². The van der Waals surface area contributed by atoms with E-state index in [0.29, 0.717) is 0 Å². The molecule has 1 aromatic rings. The Bertz CT molecular complexity index is 517. The van der Waals surface area contributed by atoms with Gasteiger partial charge in [-0.2, -0.15) is 0 Å². The average molecular weight is 358 g/mol. The Morgan fingerprint density at radius 3 is 2.31 bits per heavy atom. The lowest BCUT2D eigenvalue weighted by atomic mass is 9.95. The third-order valence-electron chi connectivity index (χ3n) is 5.86. The number of amides is 1. The first-order chi connectivity index (χ1) is 12.8. The van der Waals surface area contributed by atoms with Gasteiger partial charge in [-0.1, -0.05) is 43.2 Å². The van der Waals surface area contributed by atoms with Gasteiger partial charge in [-0.3, -0.25) is 9.69 Å². The Morgan fingerprint density at radius 1 is 0.923 bits per heavy atom. The zero-order valence-corrected chi connectivity index (χ0v) is 16.2. The van der Waals surface area contributed by atoms with Crippen LogP contribution in [-0.4, -0.2) is 55.0 Å². The van der Waals surface area contributed by atoms with Crippen molar-refractivity contribution in [3.63, 3.8) is 0 Å². The van der Waals surface area contributed by atoms with Gasteiger partial charge in [0.25, 0.3) is 0 Å². The Labute approximate surface area is 158 Å². The largest absolute Gasteiger partial charge is 0.356 e. The molecule has 1 N–H and O–H groups in total. The lowest BCUT2D eigenvalue weighted by Crippen LogP contribution is -2.40. The highest BCUT2D eigenvalue weighted by atomic mass is 16.1. The van der Waals surface area contributed by atoms with E-state index >= 15 is 0 Å². The van der Waals surface area contributed by atoms with Crippen molar-refractivity contribution in [3.8, 4) is 0 Å². The summed E-state index contributed by atoms with van der Waals surface area (Å²) in [5, 5.41) is 3.19. The molecule has 2 aliphatic heterocycles. The molecule has 2 fully saturated rings. The maximum absolute atomic E-state index is 12.4. The number of hydrogen-bond acceptors (Lipinski definition) is 3. The summed E-state index contributed by atoms with van der Waals surface area (Å²) in [5.74, 6) is 0.487. The topological polar surface area (TPSA) is 35.6 Å². The first kappa shape index (κ1) is 19.4. The number of piperidine rings is 1. The van der Waals surface area contributed by atoms with Crippen LogP contribution in [0, 0.1) is 5.92 Å². The second-order valence-corrected chi connectivity index (χ2v) is 7.94. The second kappa shape index (κ2) is 10.7. The number of hydrogen-bond donors (Lipinski definition) is 1. The fraction of sp³-hybridized carbons (Fsp3) is 0.682. The predicted molar refractivity (Wildman–Crippen MR) is 107 cm³/mol. The van der Waals surface area contributed by atoms with E-state index < -0.39 is 0 Å². The van der Waals surface area contributed by atoms with Crippen LogP contribution in [0.15, 0.2) is 30.3 Å². The normalized spacial score (nSPS) is 20.6. The van der Waals surface area contributed by atoms with Gasteiger partial charge in [-0.05, 0) is 70.4 Å². The highest BCUT2D eigenvalue weighted by molar-refractivity contribution is 5.78. The van der Waals surface area contributed by atoms with E-state index in [9.17, 15) is 4.79 Å². The van der Waals surface area contributed by atoms with Gasteiger partial charge in [0.05, 0.1) is 0 Å². The van der Waals surface area contributed by atoms with Gasteiger partial charge in [0.2, 0.25) is 5.91 Å². The minimum Gasteiger partial charge on any atom is -0.356 e. The van der Waals surface area contributed by atoms with Crippen molar-refractivity contribution in [1.29, 1.82) is 0 Å². The minimum absolute atomic E-state index is 0.209. The quantitative estimate of drug-likeness (QED) is 0.761. The predicted octanol–water partition coefficient (Wildman–Crippen LogP) is 3.28. The van der Waals surface area contributed by atoms with E-state index in [1.54, 1.807) is 0 Å². The summed E-state index contributed by atoms with van der Waals surface area (Å²) in [6, 6.07) is 10.6. The van der Waals surface area contributed by atoms with Crippen molar-refractivity contribution >= 4 is 5.91 Å². The van der Waals surface area contributed by atoms with Crippen LogP contribution < -0.4 is 5.32 Å². The molecule has 144 valence electrons. The van der Waals surface area contributed by atoms with Crippen LogP contribution >= 0.6 is 0 Å². The molecule has 4 heteroatoms. The van der Waals surface area contributed by atoms with E-state index in [4.69, 9.17) is 0 Å². The molecular weight excluding hydrogens is 322 g/mol. The summed E-state index contributed by atoms with van der Waals surface area (Å²) in [7, 11) is 0. The molecule has 0 aliphatic carbocycles. The summed E-state index contributed by atoms with van der Waals surface area (Å²) < 4.78 is 0. The summed E-state index contributed by atoms with van der Waals surface area (Å²) in [4.78, 5) is 17.5. The van der Waals surface area contributed by atoms with Crippen LogP contribution in [-0.2, 0) is 11.3 Å². The van der Waals surface area contributed by atoms with Crippen LogP contribution in [0.3, 0.4) is 0 Å². The van der Waals surface area contributed by atoms with Crippen LogP contribution in [0.1, 0.15) is 50.5 Å².